The molecule has 0 saturated carbocycles. The molecule has 9 heteroatoms. The van der Waals surface area contributed by atoms with Gasteiger partial charge in [-0.25, -0.2) is 12.8 Å². The van der Waals surface area contributed by atoms with E-state index in [2.05, 4.69) is 5.32 Å². The first kappa shape index (κ1) is 17.9. The van der Waals surface area contributed by atoms with E-state index in [1.54, 1.807) is 7.05 Å². The number of hydrogen-bond donors (Lipinski definition) is 1. The molecule has 1 N–H and O–H groups in total. The highest BCUT2D eigenvalue weighted by Crippen LogP contribution is 2.26. The Labute approximate surface area is 120 Å². The monoisotopic (exact) mass is 328 g/mol. The van der Waals surface area contributed by atoms with Gasteiger partial charge in [-0.2, -0.15) is 17.5 Å². The van der Waals surface area contributed by atoms with Crippen LogP contribution in [0, 0.1) is 12.7 Å². The van der Waals surface area contributed by atoms with Gasteiger partial charge in [-0.1, -0.05) is 0 Å². The molecule has 1 aromatic rings. The molecule has 0 aliphatic rings. The highest BCUT2D eigenvalue weighted by molar-refractivity contribution is 7.89. The summed E-state index contributed by atoms with van der Waals surface area (Å²) in [7, 11) is -2.03. The first-order valence-corrected chi connectivity index (χ1v) is 7.39. The lowest BCUT2D eigenvalue weighted by Gasteiger charge is -2.20. The topological polar surface area (TPSA) is 49.4 Å². The summed E-state index contributed by atoms with van der Waals surface area (Å²) in [6, 6.07) is 2.33. The van der Waals surface area contributed by atoms with E-state index in [1.807, 2.05) is 0 Å². The molecule has 0 bridgehead atoms. The van der Waals surface area contributed by atoms with Crippen molar-refractivity contribution in [2.45, 2.75) is 24.5 Å². The van der Waals surface area contributed by atoms with Crippen molar-refractivity contribution >= 4 is 10.0 Å². The van der Waals surface area contributed by atoms with E-state index >= 15 is 0 Å². The van der Waals surface area contributed by atoms with Gasteiger partial charge < -0.3 is 5.32 Å². The number of alkyl halides is 3. The molecule has 0 amide bonds. The molecule has 0 radical (unpaired) electrons. The lowest BCUT2D eigenvalue weighted by molar-refractivity contribution is -0.134. The molecule has 0 aliphatic carbocycles. The minimum atomic E-state index is -4.67. The van der Waals surface area contributed by atoms with Crippen molar-refractivity contribution in [3.05, 3.63) is 29.1 Å². The Morgan fingerprint density at radius 2 is 1.86 bits per heavy atom. The molecule has 1 aromatic carbocycles. The van der Waals surface area contributed by atoms with Crippen LogP contribution in [0.15, 0.2) is 17.0 Å². The van der Waals surface area contributed by atoms with Gasteiger partial charge in [0.25, 0.3) is 0 Å². The summed E-state index contributed by atoms with van der Waals surface area (Å²) in [5.41, 5.74) is 0.128. The van der Waals surface area contributed by atoms with E-state index < -0.39 is 33.5 Å². The van der Waals surface area contributed by atoms with Crippen molar-refractivity contribution in [3.63, 3.8) is 0 Å². The van der Waals surface area contributed by atoms with Gasteiger partial charge in [0, 0.05) is 19.2 Å². The third-order valence-electron chi connectivity index (χ3n) is 2.83. The third-order valence-corrected chi connectivity index (χ3v) is 4.76. The molecule has 4 nitrogen and oxygen atoms in total. The van der Waals surface area contributed by atoms with Crippen molar-refractivity contribution in [1.29, 1.82) is 0 Å². The van der Waals surface area contributed by atoms with Crippen molar-refractivity contribution < 1.29 is 26.0 Å². The van der Waals surface area contributed by atoms with E-state index in [0.29, 0.717) is 5.56 Å². The summed E-state index contributed by atoms with van der Waals surface area (Å²) in [6.45, 7) is -0.220. The van der Waals surface area contributed by atoms with Crippen LogP contribution in [0.4, 0.5) is 17.6 Å². The Morgan fingerprint density at radius 3 is 2.33 bits per heavy atom. The molecule has 120 valence electrons. The molecule has 0 heterocycles. The molecule has 0 saturated heterocycles. The number of hydrogen-bond acceptors (Lipinski definition) is 3. The molecule has 1 rings (SSSR count). The molecule has 0 atom stereocenters. The van der Waals surface area contributed by atoms with Crippen molar-refractivity contribution in [3.8, 4) is 0 Å². The molecule has 21 heavy (non-hydrogen) atoms. The Balaban J connectivity index is 3.30. The minimum Gasteiger partial charge on any atom is -0.316 e. The Morgan fingerprint density at radius 1 is 1.29 bits per heavy atom. The average Bonchev–Trinajstić information content (AvgIpc) is 2.31. The number of sulfonamides is 1. The normalized spacial score (nSPS) is 13.0. The lowest BCUT2D eigenvalue weighted by atomic mass is 10.1. The van der Waals surface area contributed by atoms with Gasteiger partial charge in [-0.15, -0.1) is 0 Å². The fourth-order valence-electron chi connectivity index (χ4n) is 1.79. The molecular formula is C12H16F4N2O2S. The van der Waals surface area contributed by atoms with Crippen LogP contribution in [-0.2, 0) is 16.6 Å². The quantitative estimate of drug-likeness (QED) is 0.842. The van der Waals surface area contributed by atoms with Gasteiger partial charge in [0.2, 0.25) is 10.0 Å². The van der Waals surface area contributed by atoms with Crippen molar-refractivity contribution in [1.82, 2.24) is 9.62 Å². The minimum absolute atomic E-state index is 0.165. The smallest absolute Gasteiger partial charge is 0.316 e. The van der Waals surface area contributed by atoms with E-state index in [9.17, 15) is 26.0 Å². The van der Waals surface area contributed by atoms with Crippen LogP contribution in [0.1, 0.15) is 11.1 Å². The number of benzene rings is 1. The molecule has 0 aromatic heterocycles. The number of nitrogens with one attached hydrogen (secondary N) is 1. The van der Waals surface area contributed by atoms with Gasteiger partial charge in [-0.05, 0) is 31.7 Å². The Hall–Kier alpha value is -1.19. The van der Waals surface area contributed by atoms with Crippen LogP contribution in [-0.4, -0.2) is 39.5 Å². The SMILES string of the molecule is CNCc1cc(F)c(C)c(S(=O)(=O)N(C)CC(F)(F)F)c1. The van der Waals surface area contributed by atoms with Crippen LogP contribution < -0.4 is 5.32 Å². The zero-order valence-corrected chi connectivity index (χ0v) is 12.6. The number of nitrogens with zero attached hydrogens (tertiary/aromatic N) is 1. The summed E-state index contributed by atoms with van der Waals surface area (Å²) < 4.78 is 75.3. The summed E-state index contributed by atoms with van der Waals surface area (Å²) >= 11 is 0. The highest BCUT2D eigenvalue weighted by Gasteiger charge is 2.35. The van der Waals surface area contributed by atoms with Gasteiger partial charge in [0.15, 0.2) is 0 Å². The molecule has 0 aliphatic heterocycles. The second-order valence-electron chi connectivity index (χ2n) is 4.61. The molecule has 0 fully saturated rings. The largest absolute Gasteiger partial charge is 0.402 e. The van der Waals surface area contributed by atoms with Crippen LogP contribution in [0.2, 0.25) is 0 Å². The van der Waals surface area contributed by atoms with Crippen molar-refractivity contribution in [2.24, 2.45) is 0 Å². The maximum atomic E-state index is 13.8. The third kappa shape index (κ3) is 4.39. The second kappa shape index (κ2) is 6.29. The number of halogens is 4. The summed E-state index contributed by atoms with van der Waals surface area (Å²) in [5.74, 6) is -0.776. The first-order chi connectivity index (χ1) is 9.49. The average molecular weight is 328 g/mol. The summed E-state index contributed by atoms with van der Waals surface area (Å²) in [4.78, 5) is -0.459. The van der Waals surface area contributed by atoms with E-state index in [0.717, 1.165) is 13.1 Å². The predicted octanol–water partition coefficient (Wildman–Crippen LogP) is 2.04. The Bertz CT molecular complexity index is 614. The fraction of sp³-hybridized carbons (Fsp3) is 0.500. The number of rotatable bonds is 5. The van der Waals surface area contributed by atoms with Crippen LogP contribution >= 0.6 is 0 Å². The maximum Gasteiger partial charge on any atom is 0.402 e. The zero-order chi connectivity index (χ0) is 16.4. The van der Waals surface area contributed by atoms with Gasteiger partial charge >= 0.3 is 6.18 Å². The van der Waals surface area contributed by atoms with Crippen LogP contribution in [0.3, 0.4) is 0 Å². The van der Waals surface area contributed by atoms with E-state index in [4.69, 9.17) is 0 Å². The molecule has 0 spiro atoms. The van der Waals surface area contributed by atoms with Gasteiger partial charge in [0.1, 0.15) is 12.4 Å². The molecule has 0 unspecified atom stereocenters. The van der Waals surface area contributed by atoms with Crippen molar-refractivity contribution in [2.75, 3.05) is 20.6 Å². The van der Waals surface area contributed by atoms with E-state index in [-0.39, 0.29) is 16.4 Å². The predicted molar refractivity (Wildman–Crippen MR) is 69.8 cm³/mol. The molecular weight excluding hydrogens is 312 g/mol. The van der Waals surface area contributed by atoms with Gasteiger partial charge in [0.05, 0.1) is 4.90 Å². The first-order valence-electron chi connectivity index (χ1n) is 5.95. The fourth-order valence-corrected chi connectivity index (χ4v) is 3.22. The zero-order valence-electron chi connectivity index (χ0n) is 11.8. The Kier molecular flexibility index (Phi) is 5.35. The maximum absolute atomic E-state index is 13.8. The van der Waals surface area contributed by atoms with Crippen LogP contribution in [0.25, 0.3) is 0 Å². The van der Waals surface area contributed by atoms with E-state index in [1.165, 1.54) is 13.0 Å². The van der Waals surface area contributed by atoms with Gasteiger partial charge in [-0.3, -0.25) is 0 Å². The lowest BCUT2D eigenvalue weighted by Crippen LogP contribution is -2.36. The summed E-state index contributed by atoms with van der Waals surface area (Å²) in [5, 5.41) is 2.72. The summed E-state index contributed by atoms with van der Waals surface area (Å²) in [6.07, 6.45) is -4.67. The highest BCUT2D eigenvalue weighted by atomic mass is 32.2. The van der Waals surface area contributed by atoms with Crippen LogP contribution in [0.5, 0.6) is 0 Å². The standard InChI is InChI=1S/C12H16F4N2O2S/c1-8-10(13)4-9(6-17-2)5-11(8)21(19,20)18(3)7-12(14,15)16/h4-5,17H,6-7H2,1-3H3. The second-order valence-corrected chi connectivity index (χ2v) is 6.62.